The minimum atomic E-state index is 0.0158. The molecule has 0 spiro atoms. The summed E-state index contributed by atoms with van der Waals surface area (Å²) in [6.07, 6.45) is 7.12. The third kappa shape index (κ3) is 2.59. The van der Waals surface area contributed by atoms with Gasteiger partial charge in [-0.25, -0.2) is 9.97 Å². The summed E-state index contributed by atoms with van der Waals surface area (Å²) in [7, 11) is 1.75. The molecule has 4 rings (SSSR count). The Labute approximate surface area is 135 Å². The first kappa shape index (κ1) is 14.6. The standard InChI is InChI=1S/C16H21N5O2/c1-10-19-20-16(23-10)14-7-11(22-2)8-21(14)15-12-5-3-4-6-13(12)17-9-18-15/h9,11,14H,3-8H2,1-2H3/t11-,14+/m0/s1. The summed E-state index contributed by atoms with van der Waals surface area (Å²) >= 11 is 0. The SMILES string of the molecule is CO[C@H]1C[C@H](c2nnc(C)o2)N(c2ncnc3c2CCCC3)C1. The number of aryl methyl sites for hydroxylation is 2. The number of nitrogens with zero attached hydrogens (tertiary/aromatic N) is 5. The fraction of sp³-hybridized carbons (Fsp3) is 0.625. The van der Waals surface area contributed by atoms with E-state index in [1.54, 1.807) is 13.4 Å². The van der Waals surface area contributed by atoms with Gasteiger partial charge in [0.2, 0.25) is 11.8 Å². The molecule has 2 atom stereocenters. The molecule has 0 radical (unpaired) electrons. The number of hydrogen-bond acceptors (Lipinski definition) is 7. The highest BCUT2D eigenvalue weighted by Crippen LogP contribution is 2.38. The molecular formula is C16H21N5O2. The minimum Gasteiger partial charge on any atom is -0.423 e. The van der Waals surface area contributed by atoms with Gasteiger partial charge in [-0.15, -0.1) is 10.2 Å². The molecule has 0 saturated carbocycles. The first-order chi connectivity index (χ1) is 11.3. The van der Waals surface area contributed by atoms with E-state index in [4.69, 9.17) is 9.15 Å². The van der Waals surface area contributed by atoms with Crippen molar-refractivity contribution in [3.63, 3.8) is 0 Å². The van der Waals surface area contributed by atoms with E-state index >= 15 is 0 Å². The summed E-state index contributed by atoms with van der Waals surface area (Å²) in [5.41, 5.74) is 2.46. The zero-order chi connectivity index (χ0) is 15.8. The molecule has 0 N–H and O–H groups in total. The summed E-state index contributed by atoms with van der Waals surface area (Å²) < 4.78 is 11.3. The van der Waals surface area contributed by atoms with E-state index in [1.807, 2.05) is 6.92 Å². The van der Waals surface area contributed by atoms with Gasteiger partial charge in [-0.1, -0.05) is 0 Å². The molecule has 0 bridgehead atoms. The molecule has 0 amide bonds. The van der Waals surface area contributed by atoms with Gasteiger partial charge >= 0.3 is 0 Å². The highest BCUT2D eigenvalue weighted by atomic mass is 16.5. The smallest absolute Gasteiger partial charge is 0.238 e. The van der Waals surface area contributed by atoms with Crippen molar-refractivity contribution >= 4 is 5.82 Å². The van der Waals surface area contributed by atoms with Gasteiger partial charge in [0.05, 0.1) is 6.10 Å². The molecule has 7 heteroatoms. The molecule has 0 aromatic carbocycles. The van der Waals surface area contributed by atoms with Crippen LogP contribution in [0.25, 0.3) is 0 Å². The van der Waals surface area contributed by atoms with Gasteiger partial charge in [-0.2, -0.15) is 0 Å². The number of rotatable bonds is 3. The van der Waals surface area contributed by atoms with Crippen molar-refractivity contribution in [1.82, 2.24) is 20.2 Å². The maximum Gasteiger partial charge on any atom is 0.238 e. The van der Waals surface area contributed by atoms with Crippen LogP contribution in [0.3, 0.4) is 0 Å². The number of ether oxygens (including phenoxy) is 1. The maximum atomic E-state index is 5.69. The minimum absolute atomic E-state index is 0.0158. The number of hydrogen-bond donors (Lipinski definition) is 0. The van der Waals surface area contributed by atoms with Crippen molar-refractivity contribution in [1.29, 1.82) is 0 Å². The topological polar surface area (TPSA) is 77.2 Å². The lowest BCUT2D eigenvalue weighted by Crippen LogP contribution is -2.28. The first-order valence-corrected chi connectivity index (χ1v) is 8.18. The Hall–Kier alpha value is -2.02. The number of aromatic nitrogens is 4. The highest BCUT2D eigenvalue weighted by Gasteiger charge is 2.38. The fourth-order valence-electron chi connectivity index (χ4n) is 3.63. The van der Waals surface area contributed by atoms with Crippen molar-refractivity contribution in [2.45, 2.75) is 51.2 Å². The van der Waals surface area contributed by atoms with Gasteiger partial charge in [0.15, 0.2) is 0 Å². The Morgan fingerprint density at radius 3 is 2.87 bits per heavy atom. The van der Waals surface area contributed by atoms with E-state index in [-0.39, 0.29) is 12.1 Å². The van der Waals surface area contributed by atoms with E-state index in [0.29, 0.717) is 11.8 Å². The van der Waals surface area contributed by atoms with Crippen LogP contribution < -0.4 is 4.90 Å². The predicted molar refractivity (Wildman–Crippen MR) is 83.2 cm³/mol. The van der Waals surface area contributed by atoms with Crippen LogP contribution in [0.15, 0.2) is 10.7 Å². The van der Waals surface area contributed by atoms with E-state index in [2.05, 4.69) is 25.1 Å². The second kappa shape index (κ2) is 5.88. The zero-order valence-electron chi connectivity index (χ0n) is 13.5. The Morgan fingerprint density at radius 1 is 1.22 bits per heavy atom. The lowest BCUT2D eigenvalue weighted by atomic mass is 9.96. The van der Waals surface area contributed by atoms with E-state index in [0.717, 1.165) is 31.6 Å². The molecule has 23 heavy (non-hydrogen) atoms. The van der Waals surface area contributed by atoms with Gasteiger partial charge in [-0.3, -0.25) is 0 Å². The van der Waals surface area contributed by atoms with Gasteiger partial charge in [0.1, 0.15) is 18.2 Å². The summed E-state index contributed by atoms with van der Waals surface area (Å²) in [6.45, 7) is 2.60. The molecule has 2 aromatic heterocycles. The van der Waals surface area contributed by atoms with E-state index in [1.165, 1.54) is 24.1 Å². The Bertz CT molecular complexity index is 702. The van der Waals surface area contributed by atoms with Crippen LogP contribution in [0.2, 0.25) is 0 Å². The molecule has 1 saturated heterocycles. The van der Waals surface area contributed by atoms with Crippen molar-refractivity contribution in [2.75, 3.05) is 18.6 Å². The van der Waals surface area contributed by atoms with Crippen molar-refractivity contribution < 1.29 is 9.15 Å². The second-order valence-corrected chi connectivity index (χ2v) is 6.25. The third-order valence-corrected chi connectivity index (χ3v) is 4.80. The summed E-state index contributed by atoms with van der Waals surface area (Å²) in [5.74, 6) is 2.24. The van der Waals surface area contributed by atoms with Gasteiger partial charge in [0.25, 0.3) is 0 Å². The fourth-order valence-corrected chi connectivity index (χ4v) is 3.63. The van der Waals surface area contributed by atoms with Crippen LogP contribution in [0.5, 0.6) is 0 Å². The molecule has 3 heterocycles. The average Bonchev–Trinajstić information content (AvgIpc) is 3.20. The van der Waals surface area contributed by atoms with Gasteiger partial charge in [-0.05, 0) is 25.7 Å². The molecule has 1 aliphatic carbocycles. The molecule has 2 aliphatic rings. The van der Waals surface area contributed by atoms with Gasteiger partial charge in [0, 0.05) is 38.3 Å². The molecule has 122 valence electrons. The highest BCUT2D eigenvalue weighted by molar-refractivity contribution is 5.52. The first-order valence-electron chi connectivity index (χ1n) is 8.18. The average molecular weight is 315 g/mol. The number of anilines is 1. The predicted octanol–water partition coefficient (Wildman–Crippen LogP) is 2.01. The van der Waals surface area contributed by atoms with Crippen LogP contribution in [0, 0.1) is 6.92 Å². The lowest BCUT2D eigenvalue weighted by Gasteiger charge is -2.27. The molecular weight excluding hydrogens is 294 g/mol. The molecule has 7 nitrogen and oxygen atoms in total. The lowest BCUT2D eigenvalue weighted by molar-refractivity contribution is 0.117. The summed E-state index contributed by atoms with van der Waals surface area (Å²) in [6, 6.07) is 0.0158. The molecule has 1 aliphatic heterocycles. The van der Waals surface area contributed by atoms with Crippen LogP contribution >= 0.6 is 0 Å². The quantitative estimate of drug-likeness (QED) is 0.857. The molecule has 2 aromatic rings. The number of methoxy groups -OCH3 is 1. The van der Waals surface area contributed by atoms with Crippen LogP contribution in [-0.4, -0.2) is 39.9 Å². The zero-order valence-corrected chi connectivity index (χ0v) is 13.5. The van der Waals surface area contributed by atoms with Crippen molar-refractivity contribution in [2.24, 2.45) is 0 Å². The normalized spacial score (nSPS) is 24.0. The van der Waals surface area contributed by atoms with Crippen molar-refractivity contribution in [3.05, 3.63) is 29.4 Å². The maximum absolute atomic E-state index is 5.69. The van der Waals surface area contributed by atoms with Crippen LogP contribution in [0.1, 0.15) is 48.3 Å². The van der Waals surface area contributed by atoms with Crippen LogP contribution in [-0.2, 0) is 17.6 Å². The second-order valence-electron chi connectivity index (χ2n) is 6.25. The summed E-state index contributed by atoms with van der Waals surface area (Å²) in [4.78, 5) is 11.3. The molecule has 0 unspecified atom stereocenters. The van der Waals surface area contributed by atoms with E-state index < -0.39 is 0 Å². The monoisotopic (exact) mass is 315 g/mol. The van der Waals surface area contributed by atoms with Crippen molar-refractivity contribution in [3.8, 4) is 0 Å². The largest absolute Gasteiger partial charge is 0.423 e. The van der Waals surface area contributed by atoms with E-state index in [9.17, 15) is 0 Å². The van der Waals surface area contributed by atoms with Gasteiger partial charge < -0.3 is 14.1 Å². The Balaban J connectivity index is 1.73. The summed E-state index contributed by atoms with van der Waals surface area (Å²) in [5, 5.41) is 8.21. The Morgan fingerprint density at radius 2 is 2.09 bits per heavy atom. The number of fused-ring (bicyclic) bond motifs is 1. The third-order valence-electron chi connectivity index (χ3n) is 4.80. The Kier molecular flexibility index (Phi) is 3.72. The van der Waals surface area contributed by atoms with Crippen LogP contribution in [0.4, 0.5) is 5.82 Å². The molecule has 1 fully saturated rings.